The number of aliphatic hydroxyl groups excluding tert-OH is 1. The first-order chi connectivity index (χ1) is 19.0. The van der Waals surface area contributed by atoms with Gasteiger partial charge < -0.3 is 26.0 Å². The molecule has 0 bridgehead atoms. The molecular formula is C30H30F2N4O4. The first-order valence-electron chi connectivity index (χ1n) is 13.3. The standard InChI is InChI=1S/C30H30F2N4O4/c1-29(2)24(37)12-23(17-8-19(31)11-20(32)9-17)36(28(29)40)15-25(38)34-21-6-5-16-13-30(14-18(16)10-21)22-4-3-7-33-26(22)35-27(30)39/h3-6,8-11,23-24,33,37H,7,12-15H2,1-2H3,(H,34,38)(H,35,39)/t23-,24-,30-/m1/s1. The molecule has 8 nitrogen and oxygen atoms in total. The first kappa shape index (κ1) is 26.2. The summed E-state index contributed by atoms with van der Waals surface area (Å²) in [5.41, 5.74) is 1.74. The Bertz CT molecular complexity index is 1500. The Hall–Kier alpha value is -4.05. The van der Waals surface area contributed by atoms with Gasteiger partial charge in [0.05, 0.1) is 23.0 Å². The molecule has 0 radical (unpaired) electrons. The van der Waals surface area contributed by atoms with Gasteiger partial charge in [0.1, 0.15) is 24.0 Å². The van der Waals surface area contributed by atoms with E-state index in [0.717, 1.165) is 40.7 Å². The number of rotatable bonds is 4. The van der Waals surface area contributed by atoms with E-state index in [1.54, 1.807) is 19.9 Å². The second-order valence-electron chi connectivity index (χ2n) is 11.6. The zero-order valence-electron chi connectivity index (χ0n) is 22.2. The number of nitrogens with zero attached hydrogens (tertiary/aromatic N) is 1. The number of benzene rings is 2. The highest BCUT2D eigenvalue weighted by Crippen LogP contribution is 2.48. The quantitative estimate of drug-likeness (QED) is 0.470. The van der Waals surface area contributed by atoms with Gasteiger partial charge in [0.25, 0.3) is 0 Å². The Morgan fingerprint density at radius 2 is 1.82 bits per heavy atom. The van der Waals surface area contributed by atoms with Gasteiger partial charge in [-0.25, -0.2) is 8.78 Å². The molecule has 6 rings (SSSR count). The second-order valence-corrected chi connectivity index (χ2v) is 11.6. The number of amides is 3. The Labute approximate surface area is 230 Å². The summed E-state index contributed by atoms with van der Waals surface area (Å²) < 4.78 is 28.0. The topological polar surface area (TPSA) is 111 Å². The van der Waals surface area contributed by atoms with Crippen molar-refractivity contribution in [2.24, 2.45) is 10.8 Å². The molecule has 3 atom stereocenters. The summed E-state index contributed by atoms with van der Waals surface area (Å²) in [4.78, 5) is 40.9. The zero-order chi connectivity index (χ0) is 28.4. The van der Waals surface area contributed by atoms with Crippen LogP contribution in [0.2, 0.25) is 0 Å². The Kier molecular flexibility index (Phi) is 6.06. The lowest BCUT2D eigenvalue weighted by Gasteiger charge is -2.45. The summed E-state index contributed by atoms with van der Waals surface area (Å²) in [6.45, 7) is 3.46. The van der Waals surface area contributed by atoms with Gasteiger partial charge in [-0.15, -0.1) is 0 Å². The lowest BCUT2D eigenvalue weighted by Crippen LogP contribution is -2.56. The van der Waals surface area contributed by atoms with E-state index in [0.29, 0.717) is 25.1 Å². The second kappa shape index (κ2) is 9.26. The summed E-state index contributed by atoms with van der Waals surface area (Å²) in [7, 11) is 0. The van der Waals surface area contributed by atoms with Crippen LogP contribution >= 0.6 is 0 Å². The van der Waals surface area contributed by atoms with Gasteiger partial charge in [-0.05, 0) is 74.1 Å². The SMILES string of the molecule is CC1(C)C(=O)N(CC(=O)Nc2ccc3c(c2)C[C@@]2(C3)C(=O)NC3=C2C=CCN3)[C@@H](c2cc(F)cc(F)c2)C[C@H]1O. The average Bonchev–Trinajstić information content (AvgIpc) is 3.41. The average molecular weight is 549 g/mol. The molecule has 2 aromatic carbocycles. The van der Waals surface area contributed by atoms with Crippen LogP contribution in [-0.4, -0.2) is 46.9 Å². The number of anilines is 1. The number of hydrogen-bond donors (Lipinski definition) is 4. The maximum absolute atomic E-state index is 14.0. The fraction of sp³-hybridized carbons (Fsp3) is 0.367. The van der Waals surface area contributed by atoms with Gasteiger partial charge in [-0.2, -0.15) is 0 Å². The van der Waals surface area contributed by atoms with Gasteiger partial charge in [0.15, 0.2) is 0 Å². The van der Waals surface area contributed by atoms with Crippen LogP contribution in [0.5, 0.6) is 0 Å². The molecule has 40 heavy (non-hydrogen) atoms. The predicted molar refractivity (Wildman–Crippen MR) is 142 cm³/mol. The third-order valence-electron chi connectivity index (χ3n) is 8.67. The van der Waals surface area contributed by atoms with Crippen molar-refractivity contribution >= 4 is 23.4 Å². The number of piperidine rings is 1. The number of halogens is 2. The highest BCUT2D eigenvalue weighted by Gasteiger charge is 2.52. The third-order valence-corrected chi connectivity index (χ3v) is 8.67. The van der Waals surface area contributed by atoms with Crippen molar-refractivity contribution in [1.29, 1.82) is 0 Å². The number of aliphatic hydroxyl groups is 1. The van der Waals surface area contributed by atoms with Crippen LogP contribution in [-0.2, 0) is 27.2 Å². The van der Waals surface area contributed by atoms with Crippen LogP contribution in [0.3, 0.4) is 0 Å². The molecule has 4 aliphatic rings. The molecule has 0 saturated carbocycles. The van der Waals surface area contributed by atoms with Gasteiger partial charge in [0, 0.05) is 23.9 Å². The molecule has 0 unspecified atom stereocenters. The Morgan fingerprint density at radius 3 is 2.58 bits per heavy atom. The highest BCUT2D eigenvalue weighted by atomic mass is 19.1. The number of likely N-dealkylation sites (tertiary alicyclic amines) is 1. The molecule has 2 aromatic rings. The van der Waals surface area contributed by atoms with Gasteiger partial charge >= 0.3 is 0 Å². The monoisotopic (exact) mass is 548 g/mol. The minimum Gasteiger partial charge on any atom is -0.392 e. The van der Waals surface area contributed by atoms with E-state index in [-0.39, 0.29) is 24.4 Å². The lowest BCUT2D eigenvalue weighted by molar-refractivity contribution is -0.160. The molecule has 1 spiro atoms. The fourth-order valence-corrected chi connectivity index (χ4v) is 6.39. The van der Waals surface area contributed by atoms with Gasteiger partial charge in [-0.3, -0.25) is 14.4 Å². The molecular weight excluding hydrogens is 518 g/mol. The maximum Gasteiger partial charge on any atom is 0.244 e. The molecule has 10 heteroatoms. The minimum atomic E-state index is -1.18. The number of carbonyl (C=O) groups excluding carboxylic acids is 3. The molecule has 1 aliphatic carbocycles. The highest BCUT2D eigenvalue weighted by molar-refractivity contribution is 5.97. The number of allylic oxidation sites excluding steroid dienone is 1. The van der Waals surface area contributed by atoms with E-state index in [1.165, 1.54) is 4.90 Å². The van der Waals surface area contributed by atoms with E-state index < -0.39 is 46.4 Å². The van der Waals surface area contributed by atoms with Crippen molar-refractivity contribution in [2.45, 2.75) is 45.3 Å². The zero-order valence-corrected chi connectivity index (χ0v) is 22.2. The molecule has 3 amide bonds. The van der Waals surface area contributed by atoms with Crippen molar-refractivity contribution in [3.05, 3.63) is 88.3 Å². The van der Waals surface area contributed by atoms with E-state index in [2.05, 4.69) is 16.0 Å². The largest absolute Gasteiger partial charge is 0.392 e. The molecule has 3 aliphatic heterocycles. The van der Waals surface area contributed by atoms with Crippen molar-refractivity contribution < 1.29 is 28.3 Å². The Morgan fingerprint density at radius 1 is 1.10 bits per heavy atom. The fourth-order valence-electron chi connectivity index (χ4n) is 6.39. The summed E-state index contributed by atoms with van der Waals surface area (Å²) >= 11 is 0. The van der Waals surface area contributed by atoms with Crippen LogP contribution in [0.1, 0.15) is 43.0 Å². The number of fused-ring (bicyclic) bond motifs is 2. The lowest BCUT2D eigenvalue weighted by atomic mass is 9.76. The molecule has 208 valence electrons. The van der Waals surface area contributed by atoms with Crippen molar-refractivity contribution in [1.82, 2.24) is 15.5 Å². The van der Waals surface area contributed by atoms with Crippen LogP contribution in [0.15, 0.2) is 59.9 Å². The smallest absolute Gasteiger partial charge is 0.244 e. The molecule has 0 aromatic heterocycles. The minimum absolute atomic E-state index is 0.0268. The van der Waals surface area contributed by atoms with Gasteiger partial charge in [-0.1, -0.05) is 18.2 Å². The molecule has 1 fully saturated rings. The summed E-state index contributed by atoms with van der Waals surface area (Å²) in [5, 5.41) is 19.7. The third kappa shape index (κ3) is 4.18. The van der Waals surface area contributed by atoms with Crippen LogP contribution in [0.4, 0.5) is 14.5 Å². The number of carbonyl (C=O) groups is 3. The van der Waals surface area contributed by atoms with Crippen LogP contribution in [0.25, 0.3) is 0 Å². The van der Waals surface area contributed by atoms with E-state index >= 15 is 0 Å². The van der Waals surface area contributed by atoms with Crippen molar-refractivity contribution in [2.75, 3.05) is 18.4 Å². The summed E-state index contributed by atoms with van der Waals surface area (Å²) in [6.07, 6.45) is 4.00. The molecule has 1 saturated heterocycles. The number of dihydropyridines is 1. The van der Waals surface area contributed by atoms with Crippen molar-refractivity contribution in [3.63, 3.8) is 0 Å². The van der Waals surface area contributed by atoms with Crippen LogP contribution < -0.4 is 16.0 Å². The Balaban J connectivity index is 1.22. The molecule has 3 heterocycles. The summed E-state index contributed by atoms with van der Waals surface area (Å²) in [5.74, 6) is -1.89. The normalized spacial score (nSPS) is 26.5. The summed E-state index contributed by atoms with van der Waals surface area (Å²) in [6, 6.07) is 7.59. The molecule has 4 N–H and O–H groups in total. The van der Waals surface area contributed by atoms with E-state index in [4.69, 9.17) is 0 Å². The van der Waals surface area contributed by atoms with E-state index in [9.17, 15) is 28.3 Å². The number of hydrogen-bond acceptors (Lipinski definition) is 5. The van der Waals surface area contributed by atoms with E-state index in [1.807, 2.05) is 24.3 Å². The van der Waals surface area contributed by atoms with Gasteiger partial charge in [0.2, 0.25) is 17.7 Å². The number of nitrogens with one attached hydrogen (secondary N) is 3. The van der Waals surface area contributed by atoms with Crippen LogP contribution in [0, 0.1) is 22.5 Å². The van der Waals surface area contributed by atoms with Crippen molar-refractivity contribution in [3.8, 4) is 0 Å². The predicted octanol–water partition coefficient (Wildman–Crippen LogP) is 2.85. The maximum atomic E-state index is 14.0. The first-order valence-corrected chi connectivity index (χ1v) is 13.3.